The molecule has 0 radical (unpaired) electrons. The summed E-state index contributed by atoms with van der Waals surface area (Å²) in [6.07, 6.45) is 0. The van der Waals surface area contributed by atoms with Crippen LogP contribution in [-0.4, -0.2) is 34.9 Å². The van der Waals surface area contributed by atoms with Crippen LogP contribution in [0, 0.1) is 13.8 Å². The normalized spacial score (nSPS) is 10.4. The van der Waals surface area contributed by atoms with Crippen LogP contribution >= 0.6 is 11.8 Å². The molecule has 0 atom stereocenters. The van der Waals surface area contributed by atoms with E-state index in [4.69, 9.17) is 0 Å². The second-order valence-corrected chi connectivity index (χ2v) is 4.82. The standard InChI is InChI=1S/C12H17NO3S/c1-8-5-10(9(2)13(8)3)11(14)6-17-7-12(15)16-4/h5H,6-7H2,1-4H3. The van der Waals surface area contributed by atoms with E-state index in [1.165, 1.54) is 18.9 Å². The van der Waals surface area contributed by atoms with Crippen LogP contribution in [0.25, 0.3) is 0 Å². The van der Waals surface area contributed by atoms with Crippen molar-refractivity contribution in [2.45, 2.75) is 13.8 Å². The first kappa shape index (κ1) is 13.8. The maximum absolute atomic E-state index is 11.9. The molecule has 0 amide bonds. The van der Waals surface area contributed by atoms with E-state index in [2.05, 4.69) is 4.74 Å². The molecule has 1 heterocycles. The number of ether oxygens (including phenoxy) is 1. The van der Waals surface area contributed by atoms with E-state index in [-0.39, 0.29) is 17.5 Å². The molecule has 17 heavy (non-hydrogen) atoms. The molecule has 0 aliphatic rings. The number of ketones is 1. The summed E-state index contributed by atoms with van der Waals surface area (Å²) in [5, 5.41) is 0. The van der Waals surface area contributed by atoms with Gasteiger partial charge in [-0.25, -0.2) is 0 Å². The third-order valence-electron chi connectivity index (χ3n) is 2.76. The first-order valence-corrected chi connectivity index (χ1v) is 6.43. The van der Waals surface area contributed by atoms with Gasteiger partial charge in [-0.2, -0.15) is 0 Å². The third-order valence-corrected chi connectivity index (χ3v) is 3.66. The molecule has 0 aliphatic heterocycles. The van der Waals surface area contributed by atoms with E-state index < -0.39 is 0 Å². The third kappa shape index (κ3) is 3.36. The number of carbonyl (C=O) groups excluding carboxylic acids is 2. The van der Waals surface area contributed by atoms with Crippen molar-refractivity contribution in [3.05, 3.63) is 23.0 Å². The van der Waals surface area contributed by atoms with Crippen molar-refractivity contribution < 1.29 is 14.3 Å². The van der Waals surface area contributed by atoms with Gasteiger partial charge in [0.2, 0.25) is 0 Å². The van der Waals surface area contributed by atoms with E-state index in [1.54, 1.807) is 0 Å². The number of aryl methyl sites for hydroxylation is 1. The van der Waals surface area contributed by atoms with E-state index in [0.29, 0.717) is 5.75 Å². The van der Waals surface area contributed by atoms with Crippen LogP contribution in [0.5, 0.6) is 0 Å². The maximum Gasteiger partial charge on any atom is 0.315 e. The van der Waals surface area contributed by atoms with Crippen molar-refractivity contribution in [2.24, 2.45) is 7.05 Å². The van der Waals surface area contributed by atoms with Crippen LogP contribution in [0.15, 0.2) is 6.07 Å². The van der Waals surface area contributed by atoms with Gasteiger partial charge in [0.25, 0.3) is 0 Å². The first-order chi connectivity index (χ1) is 7.97. The van der Waals surface area contributed by atoms with Crippen molar-refractivity contribution >= 4 is 23.5 Å². The highest BCUT2D eigenvalue weighted by Crippen LogP contribution is 2.16. The van der Waals surface area contributed by atoms with Gasteiger partial charge in [0.1, 0.15) is 0 Å². The number of thioether (sulfide) groups is 1. The minimum Gasteiger partial charge on any atom is -0.468 e. The second-order valence-electron chi connectivity index (χ2n) is 3.84. The largest absolute Gasteiger partial charge is 0.468 e. The molecule has 0 N–H and O–H groups in total. The predicted octanol–water partition coefficient (Wildman–Crippen LogP) is 1.73. The molecular formula is C12H17NO3S. The summed E-state index contributed by atoms with van der Waals surface area (Å²) in [6, 6.07) is 1.89. The highest BCUT2D eigenvalue weighted by molar-refractivity contribution is 8.00. The van der Waals surface area contributed by atoms with Crippen molar-refractivity contribution in [1.82, 2.24) is 4.57 Å². The molecule has 5 heteroatoms. The maximum atomic E-state index is 11.9. The number of Topliss-reactive ketones (excluding diaryl/α,β-unsaturated/α-hetero) is 1. The fourth-order valence-corrected chi connectivity index (χ4v) is 2.23. The zero-order chi connectivity index (χ0) is 13.0. The Balaban J connectivity index is 2.59. The SMILES string of the molecule is COC(=O)CSCC(=O)c1cc(C)n(C)c1C. The van der Waals surface area contributed by atoms with Crippen molar-refractivity contribution in [1.29, 1.82) is 0 Å². The van der Waals surface area contributed by atoms with Crippen LogP contribution in [0.2, 0.25) is 0 Å². The van der Waals surface area contributed by atoms with Gasteiger partial charge in [0.05, 0.1) is 18.6 Å². The van der Waals surface area contributed by atoms with Gasteiger partial charge in [-0.15, -0.1) is 11.8 Å². The van der Waals surface area contributed by atoms with Crippen LogP contribution < -0.4 is 0 Å². The fourth-order valence-electron chi connectivity index (χ4n) is 1.50. The zero-order valence-corrected chi connectivity index (χ0v) is 11.4. The lowest BCUT2D eigenvalue weighted by Gasteiger charge is -2.02. The zero-order valence-electron chi connectivity index (χ0n) is 10.6. The summed E-state index contributed by atoms with van der Waals surface area (Å²) >= 11 is 1.28. The number of nitrogens with zero attached hydrogens (tertiary/aromatic N) is 1. The predicted molar refractivity (Wildman–Crippen MR) is 68.6 cm³/mol. The van der Waals surface area contributed by atoms with Crippen LogP contribution in [0.1, 0.15) is 21.7 Å². The summed E-state index contributed by atoms with van der Waals surface area (Å²) in [6.45, 7) is 3.89. The number of esters is 1. The van der Waals surface area contributed by atoms with Gasteiger partial charge in [0, 0.05) is 24.0 Å². The molecule has 1 aromatic heterocycles. The molecule has 0 bridgehead atoms. The highest BCUT2D eigenvalue weighted by Gasteiger charge is 2.14. The van der Waals surface area contributed by atoms with Crippen molar-refractivity contribution in [3.8, 4) is 0 Å². The molecule has 0 unspecified atom stereocenters. The quantitative estimate of drug-likeness (QED) is 0.594. The number of carbonyl (C=O) groups is 2. The summed E-state index contributed by atoms with van der Waals surface area (Å²) in [5.41, 5.74) is 2.76. The van der Waals surface area contributed by atoms with Gasteiger partial charge in [0.15, 0.2) is 5.78 Å². The van der Waals surface area contributed by atoms with E-state index in [1.807, 2.05) is 31.5 Å². The Kier molecular flexibility index (Phi) is 4.81. The number of methoxy groups -OCH3 is 1. The first-order valence-electron chi connectivity index (χ1n) is 5.28. The summed E-state index contributed by atoms with van der Waals surface area (Å²) in [5.74, 6) is 0.274. The number of rotatable bonds is 5. The molecule has 0 spiro atoms. The Morgan fingerprint density at radius 2 is 2.00 bits per heavy atom. The molecule has 0 saturated heterocycles. The molecular weight excluding hydrogens is 238 g/mol. The van der Waals surface area contributed by atoms with Crippen molar-refractivity contribution in [2.75, 3.05) is 18.6 Å². The van der Waals surface area contributed by atoms with Gasteiger partial charge in [-0.3, -0.25) is 9.59 Å². The number of hydrogen-bond donors (Lipinski definition) is 0. The molecule has 0 saturated carbocycles. The molecule has 0 aromatic carbocycles. The number of aromatic nitrogens is 1. The number of hydrogen-bond acceptors (Lipinski definition) is 4. The lowest BCUT2D eigenvalue weighted by Crippen LogP contribution is -2.09. The van der Waals surface area contributed by atoms with Crippen molar-refractivity contribution in [3.63, 3.8) is 0 Å². The minimum absolute atomic E-state index is 0.0557. The minimum atomic E-state index is -0.302. The topological polar surface area (TPSA) is 48.3 Å². The Morgan fingerprint density at radius 3 is 2.47 bits per heavy atom. The summed E-state index contributed by atoms with van der Waals surface area (Å²) in [7, 11) is 3.28. The van der Waals surface area contributed by atoms with Crippen LogP contribution in [0.3, 0.4) is 0 Å². The Bertz CT molecular complexity index is 437. The van der Waals surface area contributed by atoms with E-state index in [9.17, 15) is 9.59 Å². The molecule has 1 aromatic rings. The lowest BCUT2D eigenvalue weighted by molar-refractivity contribution is -0.137. The molecule has 0 fully saturated rings. The highest BCUT2D eigenvalue weighted by atomic mass is 32.2. The average molecular weight is 255 g/mol. The second kappa shape index (κ2) is 5.91. The lowest BCUT2D eigenvalue weighted by atomic mass is 10.2. The summed E-state index contributed by atoms with van der Waals surface area (Å²) < 4.78 is 6.49. The Hall–Kier alpha value is -1.23. The average Bonchev–Trinajstić information content (AvgIpc) is 2.56. The van der Waals surface area contributed by atoms with Gasteiger partial charge in [-0.05, 0) is 19.9 Å². The molecule has 0 aliphatic carbocycles. The monoisotopic (exact) mass is 255 g/mol. The van der Waals surface area contributed by atoms with Gasteiger partial charge < -0.3 is 9.30 Å². The molecule has 4 nitrogen and oxygen atoms in total. The Morgan fingerprint density at radius 1 is 1.35 bits per heavy atom. The smallest absolute Gasteiger partial charge is 0.315 e. The summed E-state index contributed by atoms with van der Waals surface area (Å²) in [4.78, 5) is 22.8. The van der Waals surface area contributed by atoms with Gasteiger partial charge >= 0.3 is 5.97 Å². The van der Waals surface area contributed by atoms with E-state index >= 15 is 0 Å². The molecule has 94 valence electrons. The fraction of sp³-hybridized carbons (Fsp3) is 0.500. The van der Waals surface area contributed by atoms with E-state index in [0.717, 1.165) is 17.0 Å². The van der Waals surface area contributed by atoms with Crippen LogP contribution in [-0.2, 0) is 16.6 Å². The Labute approximate surface area is 105 Å². The molecule has 1 rings (SSSR count). The van der Waals surface area contributed by atoms with Gasteiger partial charge in [-0.1, -0.05) is 0 Å². The van der Waals surface area contributed by atoms with Crippen LogP contribution in [0.4, 0.5) is 0 Å².